The minimum Gasteiger partial charge on any atom is -0.461 e. The lowest BCUT2D eigenvalue weighted by atomic mass is 10.0. The van der Waals surface area contributed by atoms with E-state index in [0.717, 1.165) is 0 Å². The van der Waals surface area contributed by atoms with Crippen molar-refractivity contribution in [3.05, 3.63) is 18.0 Å². The molecule has 0 saturated carbocycles. The van der Waals surface area contributed by atoms with Crippen LogP contribution in [0.2, 0.25) is 0 Å². The minimum absolute atomic E-state index is 0.264. The Morgan fingerprint density at radius 1 is 1.36 bits per heavy atom. The van der Waals surface area contributed by atoms with E-state index < -0.39 is 5.60 Å². The first kappa shape index (κ1) is 16.3. The monoisotopic (exact) mass is 309 g/mol. The first-order chi connectivity index (χ1) is 10.3. The highest BCUT2D eigenvalue weighted by Gasteiger charge is 2.34. The number of aromatic nitrogens is 2. The largest absolute Gasteiger partial charge is 0.461 e. The summed E-state index contributed by atoms with van der Waals surface area (Å²) in [4.78, 5) is 25.3. The third-order valence-corrected chi connectivity index (χ3v) is 3.24. The van der Waals surface area contributed by atoms with E-state index in [1.165, 1.54) is 0 Å². The highest BCUT2D eigenvalue weighted by molar-refractivity contribution is 5.87. The van der Waals surface area contributed by atoms with Crippen LogP contribution in [0.4, 0.5) is 4.79 Å². The van der Waals surface area contributed by atoms with Crippen molar-refractivity contribution in [1.82, 2.24) is 14.7 Å². The molecule has 1 saturated heterocycles. The van der Waals surface area contributed by atoms with E-state index in [1.54, 1.807) is 28.8 Å². The van der Waals surface area contributed by atoms with Gasteiger partial charge in [0.15, 0.2) is 0 Å². The van der Waals surface area contributed by atoms with E-state index in [9.17, 15) is 9.59 Å². The molecule has 1 aliphatic rings. The molecular formula is C15H23N3O4. The van der Waals surface area contributed by atoms with Crippen molar-refractivity contribution in [1.29, 1.82) is 0 Å². The van der Waals surface area contributed by atoms with Crippen LogP contribution in [-0.4, -0.2) is 52.0 Å². The summed E-state index contributed by atoms with van der Waals surface area (Å²) in [6.07, 6.45) is 1.28. The Morgan fingerprint density at radius 3 is 2.64 bits per heavy atom. The van der Waals surface area contributed by atoms with Crippen LogP contribution in [0.5, 0.6) is 0 Å². The lowest BCUT2D eigenvalue weighted by Gasteiger charge is -2.39. The molecule has 7 nitrogen and oxygen atoms in total. The molecule has 122 valence electrons. The number of ether oxygens (including phenoxy) is 2. The number of hydrogen-bond donors (Lipinski definition) is 0. The van der Waals surface area contributed by atoms with Gasteiger partial charge in [0, 0.05) is 31.7 Å². The second-order valence-corrected chi connectivity index (χ2v) is 6.37. The quantitative estimate of drug-likeness (QED) is 0.795. The van der Waals surface area contributed by atoms with Crippen molar-refractivity contribution in [2.75, 3.05) is 19.7 Å². The molecule has 0 spiro atoms. The third kappa shape index (κ3) is 3.99. The van der Waals surface area contributed by atoms with Gasteiger partial charge < -0.3 is 14.4 Å². The van der Waals surface area contributed by atoms with Crippen LogP contribution >= 0.6 is 0 Å². The van der Waals surface area contributed by atoms with Gasteiger partial charge in [0.1, 0.15) is 11.3 Å². The maximum atomic E-state index is 11.9. The predicted octanol–water partition coefficient (Wildman–Crippen LogP) is 1.93. The standard InChI is InChI=1S/C15H23N3O4/c1-5-21-13(19)12-6-7-16-18(12)10-11-8-17(9-11)14(20)22-15(2,3)4/h6-7,11H,5,8-10H2,1-4H3. The highest BCUT2D eigenvalue weighted by Crippen LogP contribution is 2.21. The molecule has 0 unspecified atom stereocenters. The molecule has 0 N–H and O–H groups in total. The molecule has 2 rings (SSSR count). The van der Waals surface area contributed by atoms with Gasteiger partial charge in [-0.15, -0.1) is 0 Å². The zero-order chi connectivity index (χ0) is 16.3. The number of rotatable bonds is 4. The molecule has 0 aromatic carbocycles. The van der Waals surface area contributed by atoms with Gasteiger partial charge in [-0.3, -0.25) is 4.68 Å². The van der Waals surface area contributed by atoms with E-state index in [4.69, 9.17) is 9.47 Å². The normalized spacial score (nSPS) is 15.4. The Kier molecular flexibility index (Phi) is 4.73. The average molecular weight is 309 g/mol. The molecule has 1 fully saturated rings. The maximum Gasteiger partial charge on any atom is 0.410 e. The molecular weight excluding hydrogens is 286 g/mol. The Balaban J connectivity index is 1.85. The molecule has 1 aromatic heterocycles. The first-order valence-electron chi connectivity index (χ1n) is 7.47. The molecule has 0 aliphatic carbocycles. The van der Waals surface area contributed by atoms with Gasteiger partial charge in [-0.1, -0.05) is 0 Å². The van der Waals surface area contributed by atoms with Crippen LogP contribution < -0.4 is 0 Å². The molecule has 1 aromatic rings. The number of nitrogens with zero attached hydrogens (tertiary/aromatic N) is 3. The molecule has 22 heavy (non-hydrogen) atoms. The van der Waals surface area contributed by atoms with Crippen LogP contribution in [0.15, 0.2) is 12.3 Å². The summed E-state index contributed by atoms with van der Waals surface area (Å²) in [6.45, 7) is 9.43. The fourth-order valence-electron chi connectivity index (χ4n) is 2.26. The van der Waals surface area contributed by atoms with E-state index >= 15 is 0 Å². The second kappa shape index (κ2) is 6.37. The van der Waals surface area contributed by atoms with Crippen molar-refractivity contribution in [3.8, 4) is 0 Å². The molecule has 7 heteroatoms. The minimum atomic E-state index is -0.485. The van der Waals surface area contributed by atoms with Gasteiger partial charge >= 0.3 is 12.1 Å². The number of carbonyl (C=O) groups excluding carboxylic acids is 2. The fraction of sp³-hybridized carbons (Fsp3) is 0.667. The first-order valence-corrected chi connectivity index (χ1v) is 7.47. The lowest BCUT2D eigenvalue weighted by Crippen LogP contribution is -2.53. The summed E-state index contributed by atoms with van der Waals surface area (Å²) < 4.78 is 11.9. The van der Waals surface area contributed by atoms with Crippen molar-refractivity contribution >= 4 is 12.1 Å². The van der Waals surface area contributed by atoms with Gasteiger partial charge in [0.2, 0.25) is 0 Å². The summed E-state index contributed by atoms with van der Waals surface area (Å²) in [5.74, 6) is -0.107. The summed E-state index contributed by atoms with van der Waals surface area (Å²) in [7, 11) is 0. The predicted molar refractivity (Wildman–Crippen MR) is 79.5 cm³/mol. The zero-order valence-corrected chi connectivity index (χ0v) is 13.5. The number of carbonyl (C=O) groups is 2. The molecule has 0 atom stereocenters. The van der Waals surface area contributed by atoms with Crippen LogP contribution in [-0.2, 0) is 16.0 Å². The average Bonchev–Trinajstić information content (AvgIpc) is 2.79. The van der Waals surface area contributed by atoms with Gasteiger partial charge in [0.05, 0.1) is 6.61 Å². The third-order valence-electron chi connectivity index (χ3n) is 3.24. The topological polar surface area (TPSA) is 73.7 Å². The number of likely N-dealkylation sites (tertiary alicyclic amines) is 1. The number of hydrogen-bond acceptors (Lipinski definition) is 5. The molecule has 0 bridgehead atoms. The lowest BCUT2D eigenvalue weighted by molar-refractivity contribution is -0.00418. The number of amides is 1. The van der Waals surface area contributed by atoms with E-state index in [1.807, 2.05) is 20.8 Å². The summed E-state index contributed by atoms with van der Waals surface area (Å²) in [5, 5.41) is 4.15. The van der Waals surface area contributed by atoms with Crippen molar-refractivity contribution in [2.45, 2.75) is 39.8 Å². The maximum absolute atomic E-state index is 11.9. The highest BCUT2D eigenvalue weighted by atomic mass is 16.6. The van der Waals surface area contributed by atoms with Gasteiger partial charge in [0.25, 0.3) is 0 Å². The zero-order valence-electron chi connectivity index (χ0n) is 13.5. The second-order valence-electron chi connectivity index (χ2n) is 6.37. The Bertz CT molecular complexity index is 541. The van der Waals surface area contributed by atoms with E-state index in [-0.39, 0.29) is 18.0 Å². The van der Waals surface area contributed by atoms with E-state index in [0.29, 0.717) is 31.9 Å². The Morgan fingerprint density at radius 2 is 2.05 bits per heavy atom. The van der Waals surface area contributed by atoms with Crippen LogP contribution in [0.25, 0.3) is 0 Å². The summed E-state index contributed by atoms with van der Waals surface area (Å²) in [5.41, 5.74) is -0.0427. The molecule has 2 heterocycles. The molecule has 1 aliphatic heterocycles. The van der Waals surface area contributed by atoms with E-state index in [2.05, 4.69) is 5.10 Å². The Labute approximate surface area is 130 Å². The van der Waals surface area contributed by atoms with Gasteiger partial charge in [-0.2, -0.15) is 5.10 Å². The van der Waals surface area contributed by atoms with Crippen LogP contribution in [0.1, 0.15) is 38.2 Å². The Hall–Kier alpha value is -2.05. The fourth-order valence-corrected chi connectivity index (χ4v) is 2.26. The van der Waals surface area contributed by atoms with Crippen molar-refractivity contribution in [3.63, 3.8) is 0 Å². The molecule has 1 amide bonds. The SMILES string of the molecule is CCOC(=O)c1ccnn1CC1CN(C(=O)OC(C)(C)C)C1. The summed E-state index contributed by atoms with van der Waals surface area (Å²) in [6, 6.07) is 1.64. The number of esters is 1. The van der Waals surface area contributed by atoms with Crippen LogP contribution in [0.3, 0.4) is 0 Å². The summed E-state index contributed by atoms with van der Waals surface area (Å²) >= 11 is 0. The molecule has 0 radical (unpaired) electrons. The smallest absolute Gasteiger partial charge is 0.410 e. The van der Waals surface area contributed by atoms with Gasteiger partial charge in [-0.25, -0.2) is 9.59 Å². The van der Waals surface area contributed by atoms with Crippen molar-refractivity contribution < 1.29 is 19.1 Å². The van der Waals surface area contributed by atoms with Crippen molar-refractivity contribution in [2.24, 2.45) is 5.92 Å². The van der Waals surface area contributed by atoms with Crippen LogP contribution in [0, 0.1) is 5.92 Å². The van der Waals surface area contributed by atoms with Gasteiger partial charge in [-0.05, 0) is 33.8 Å².